The third-order valence-corrected chi connectivity index (χ3v) is 5.68. The van der Waals surface area contributed by atoms with Crippen LogP contribution in [0.2, 0.25) is 0 Å². The molecular weight excluding hydrogens is 392 g/mol. The number of piperazine rings is 1. The Hall–Kier alpha value is -3.61. The number of benzene rings is 2. The van der Waals surface area contributed by atoms with Gasteiger partial charge in [0.1, 0.15) is 0 Å². The summed E-state index contributed by atoms with van der Waals surface area (Å²) in [5.74, 6) is 2.40. The van der Waals surface area contributed by atoms with E-state index in [2.05, 4.69) is 21.2 Å². The number of carbonyl (C=O) groups excluding carboxylic acids is 1. The van der Waals surface area contributed by atoms with Crippen molar-refractivity contribution < 1.29 is 14.3 Å². The van der Waals surface area contributed by atoms with E-state index in [-0.39, 0.29) is 12.7 Å². The van der Waals surface area contributed by atoms with Gasteiger partial charge < -0.3 is 19.3 Å². The molecular formula is C24H24N4O3. The highest BCUT2D eigenvalue weighted by Gasteiger charge is 2.23. The lowest BCUT2D eigenvalue weighted by atomic mass is 10.1. The summed E-state index contributed by atoms with van der Waals surface area (Å²) in [6.07, 6.45) is 0. The SMILES string of the molecule is Cc1cc(C)cc(C(=O)N2CCN(c3ccc(-c4ccc5c(c4)OCO5)nn3)CC2)c1. The van der Waals surface area contributed by atoms with Gasteiger partial charge in [0.05, 0.1) is 5.69 Å². The molecule has 2 aromatic carbocycles. The number of fused-ring (bicyclic) bond motifs is 1. The summed E-state index contributed by atoms with van der Waals surface area (Å²) in [7, 11) is 0. The molecule has 5 rings (SSSR count). The van der Waals surface area contributed by atoms with Gasteiger partial charge >= 0.3 is 0 Å². The van der Waals surface area contributed by atoms with Crippen LogP contribution in [0.3, 0.4) is 0 Å². The van der Waals surface area contributed by atoms with Crippen LogP contribution in [-0.2, 0) is 0 Å². The number of anilines is 1. The summed E-state index contributed by atoms with van der Waals surface area (Å²) < 4.78 is 10.8. The van der Waals surface area contributed by atoms with Crippen LogP contribution in [0.5, 0.6) is 11.5 Å². The van der Waals surface area contributed by atoms with Gasteiger partial charge in [0.15, 0.2) is 17.3 Å². The molecule has 0 saturated carbocycles. The summed E-state index contributed by atoms with van der Waals surface area (Å²) in [4.78, 5) is 17.0. The predicted molar refractivity (Wildman–Crippen MR) is 118 cm³/mol. The number of amides is 1. The van der Waals surface area contributed by atoms with Crippen LogP contribution in [0.25, 0.3) is 11.3 Å². The third-order valence-electron chi connectivity index (χ3n) is 5.68. The Labute approximate surface area is 181 Å². The Kier molecular flexibility index (Phi) is 4.94. The molecule has 0 radical (unpaired) electrons. The van der Waals surface area contributed by atoms with Crippen LogP contribution < -0.4 is 14.4 Å². The van der Waals surface area contributed by atoms with E-state index in [1.165, 1.54) is 0 Å². The van der Waals surface area contributed by atoms with Crippen LogP contribution in [-0.4, -0.2) is 54.0 Å². The number of aryl methyl sites for hydroxylation is 2. The second kappa shape index (κ2) is 7.91. The first kappa shape index (κ1) is 19.4. The first-order valence-corrected chi connectivity index (χ1v) is 10.4. The van der Waals surface area contributed by atoms with Crippen molar-refractivity contribution >= 4 is 11.7 Å². The zero-order valence-corrected chi connectivity index (χ0v) is 17.7. The van der Waals surface area contributed by atoms with Gasteiger partial charge in [0.2, 0.25) is 6.79 Å². The van der Waals surface area contributed by atoms with Gasteiger partial charge in [-0.25, -0.2) is 0 Å². The monoisotopic (exact) mass is 416 g/mol. The molecule has 0 bridgehead atoms. The Bertz CT molecular complexity index is 1100. The average molecular weight is 416 g/mol. The van der Waals surface area contributed by atoms with Crippen molar-refractivity contribution in [1.82, 2.24) is 15.1 Å². The molecule has 1 saturated heterocycles. The normalized spacial score (nSPS) is 15.3. The minimum absolute atomic E-state index is 0.0932. The minimum Gasteiger partial charge on any atom is -0.454 e. The Morgan fingerprint density at radius 3 is 2.29 bits per heavy atom. The number of carbonyl (C=O) groups is 1. The molecule has 31 heavy (non-hydrogen) atoms. The van der Waals surface area contributed by atoms with Gasteiger partial charge in [-0.2, -0.15) is 0 Å². The number of nitrogens with zero attached hydrogens (tertiary/aromatic N) is 4. The maximum absolute atomic E-state index is 12.9. The topological polar surface area (TPSA) is 67.8 Å². The second-order valence-electron chi connectivity index (χ2n) is 8.00. The molecule has 3 aromatic rings. The molecule has 0 spiro atoms. The second-order valence-corrected chi connectivity index (χ2v) is 8.00. The standard InChI is InChI=1S/C24H24N4O3/c1-16-11-17(2)13-19(12-16)24(29)28-9-7-27(8-10-28)23-6-4-20(25-26-23)18-3-5-21-22(14-18)31-15-30-21/h3-6,11-14H,7-10,15H2,1-2H3. The van der Waals surface area contributed by atoms with Crippen LogP contribution >= 0.6 is 0 Å². The van der Waals surface area contributed by atoms with E-state index in [0.717, 1.165) is 58.4 Å². The van der Waals surface area contributed by atoms with Crippen molar-refractivity contribution in [3.8, 4) is 22.8 Å². The van der Waals surface area contributed by atoms with Gasteiger partial charge in [0.25, 0.3) is 5.91 Å². The van der Waals surface area contributed by atoms with Gasteiger partial charge in [-0.3, -0.25) is 4.79 Å². The summed E-state index contributed by atoms with van der Waals surface area (Å²) in [6.45, 7) is 7.08. The van der Waals surface area contributed by atoms with E-state index in [9.17, 15) is 4.79 Å². The highest BCUT2D eigenvalue weighted by Crippen LogP contribution is 2.35. The fourth-order valence-electron chi connectivity index (χ4n) is 4.12. The third kappa shape index (κ3) is 3.91. The van der Waals surface area contributed by atoms with Crippen LogP contribution in [0, 0.1) is 13.8 Å². The fraction of sp³-hybridized carbons (Fsp3) is 0.292. The summed E-state index contributed by atoms with van der Waals surface area (Å²) in [5, 5.41) is 8.83. The van der Waals surface area contributed by atoms with Gasteiger partial charge in [-0.05, 0) is 56.3 Å². The lowest BCUT2D eigenvalue weighted by molar-refractivity contribution is 0.0746. The molecule has 7 nitrogen and oxygen atoms in total. The average Bonchev–Trinajstić information content (AvgIpc) is 3.26. The fourth-order valence-corrected chi connectivity index (χ4v) is 4.12. The first-order valence-electron chi connectivity index (χ1n) is 10.4. The largest absolute Gasteiger partial charge is 0.454 e. The summed E-state index contributed by atoms with van der Waals surface area (Å²) in [5.41, 5.74) is 4.70. The van der Waals surface area contributed by atoms with Crippen molar-refractivity contribution in [2.24, 2.45) is 0 Å². The molecule has 1 fully saturated rings. The van der Waals surface area contributed by atoms with E-state index >= 15 is 0 Å². The molecule has 3 heterocycles. The van der Waals surface area contributed by atoms with Gasteiger partial charge in [0, 0.05) is 37.3 Å². The van der Waals surface area contributed by atoms with Crippen molar-refractivity contribution in [3.05, 3.63) is 65.2 Å². The Morgan fingerprint density at radius 1 is 0.839 bits per heavy atom. The molecule has 0 N–H and O–H groups in total. The first-order chi connectivity index (χ1) is 15.1. The Morgan fingerprint density at radius 2 is 1.58 bits per heavy atom. The van der Waals surface area contributed by atoms with Crippen LogP contribution in [0.1, 0.15) is 21.5 Å². The Balaban J connectivity index is 1.24. The molecule has 7 heteroatoms. The highest BCUT2D eigenvalue weighted by molar-refractivity contribution is 5.94. The predicted octanol–water partition coefficient (Wildman–Crippen LogP) is 3.45. The maximum atomic E-state index is 12.9. The van der Waals surface area contributed by atoms with Crippen LogP contribution in [0.15, 0.2) is 48.5 Å². The number of hydrogen-bond acceptors (Lipinski definition) is 6. The van der Waals surface area contributed by atoms with Crippen molar-refractivity contribution in [2.75, 3.05) is 37.9 Å². The van der Waals surface area contributed by atoms with E-state index in [0.29, 0.717) is 13.1 Å². The maximum Gasteiger partial charge on any atom is 0.253 e. The lowest BCUT2D eigenvalue weighted by Gasteiger charge is -2.35. The quantitative estimate of drug-likeness (QED) is 0.652. The number of ether oxygens (including phenoxy) is 2. The van der Waals surface area contributed by atoms with E-state index < -0.39 is 0 Å². The smallest absolute Gasteiger partial charge is 0.253 e. The van der Waals surface area contributed by atoms with Crippen molar-refractivity contribution in [2.45, 2.75) is 13.8 Å². The molecule has 1 aromatic heterocycles. The lowest BCUT2D eigenvalue weighted by Crippen LogP contribution is -2.49. The number of aromatic nitrogens is 2. The summed E-state index contributed by atoms with van der Waals surface area (Å²) >= 11 is 0. The zero-order valence-electron chi connectivity index (χ0n) is 17.7. The zero-order chi connectivity index (χ0) is 21.4. The minimum atomic E-state index is 0.0932. The number of hydrogen-bond donors (Lipinski definition) is 0. The molecule has 1 amide bonds. The number of rotatable bonds is 3. The van der Waals surface area contributed by atoms with Crippen molar-refractivity contribution in [3.63, 3.8) is 0 Å². The molecule has 2 aliphatic heterocycles. The highest BCUT2D eigenvalue weighted by atomic mass is 16.7. The van der Waals surface area contributed by atoms with Crippen molar-refractivity contribution in [1.29, 1.82) is 0 Å². The molecule has 0 unspecified atom stereocenters. The van der Waals surface area contributed by atoms with Crippen LogP contribution in [0.4, 0.5) is 5.82 Å². The van der Waals surface area contributed by atoms with E-state index in [4.69, 9.17) is 9.47 Å². The molecule has 2 aliphatic rings. The van der Waals surface area contributed by atoms with Gasteiger partial charge in [-0.1, -0.05) is 17.2 Å². The summed E-state index contributed by atoms with van der Waals surface area (Å²) in [6, 6.07) is 15.7. The van der Waals surface area contributed by atoms with Gasteiger partial charge in [-0.15, -0.1) is 10.2 Å². The van der Waals surface area contributed by atoms with E-state index in [1.54, 1.807) is 0 Å². The molecule has 0 atom stereocenters. The van der Waals surface area contributed by atoms with E-state index in [1.807, 2.05) is 61.2 Å². The molecule has 0 aliphatic carbocycles. The molecule has 158 valence electrons.